The number of aromatic carboxylic acids is 1. The fourth-order valence-corrected chi connectivity index (χ4v) is 4.49. The van der Waals surface area contributed by atoms with E-state index in [2.05, 4.69) is 24.7 Å². The van der Waals surface area contributed by atoms with Crippen molar-refractivity contribution in [2.24, 2.45) is 0 Å². The van der Waals surface area contributed by atoms with E-state index in [4.69, 9.17) is 16.6 Å². The van der Waals surface area contributed by atoms with Crippen molar-refractivity contribution in [3.8, 4) is 22.5 Å². The average Bonchev–Trinajstić information content (AvgIpc) is 2.92. The van der Waals surface area contributed by atoms with E-state index in [1.165, 1.54) is 55.9 Å². The number of nitrogen functional groups attached to an aromatic ring is 2. The molecule has 4 rings (SSSR count). The molecule has 0 saturated carbocycles. The Morgan fingerprint density at radius 1 is 0.721 bits per heavy atom. The zero-order valence-corrected chi connectivity index (χ0v) is 24.9. The minimum Gasteiger partial charge on any atom is -0.870 e. The SMILES string of the molecule is COC(=O)c1nc(-c2ccc(S(C)(=O)=O)cc2)cnc1N.CS(=O)(=O)c1ccc(-c2cnc(N)c(C(=O)O)n2)cc1.[Li+].[OH-]. The van der Waals surface area contributed by atoms with Crippen LogP contribution in [0.15, 0.2) is 70.7 Å². The van der Waals surface area contributed by atoms with Crippen molar-refractivity contribution in [3.63, 3.8) is 0 Å². The Hall–Kier alpha value is -4.40. The van der Waals surface area contributed by atoms with Crippen molar-refractivity contribution in [1.29, 1.82) is 0 Å². The van der Waals surface area contributed by atoms with Gasteiger partial charge in [0.2, 0.25) is 0 Å². The normalized spacial score (nSPS) is 10.7. The molecule has 0 saturated heterocycles. The van der Waals surface area contributed by atoms with Gasteiger partial charge in [-0.3, -0.25) is 0 Å². The molecular formula is C25H25LiN6O9S2. The van der Waals surface area contributed by atoms with E-state index < -0.39 is 31.6 Å². The number of nitrogens with two attached hydrogens (primary N) is 2. The minimum absolute atomic E-state index is 0. The molecule has 0 aliphatic rings. The van der Waals surface area contributed by atoms with Gasteiger partial charge in [-0.2, -0.15) is 0 Å². The summed E-state index contributed by atoms with van der Waals surface area (Å²) in [5.74, 6) is -2.16. The van der Waals surface area contributed by atoms with Gasteiger partial charge in [0.15, 0.2) is 42.7 Å². The molecule has 0 fully saturated rings. The number of carbonyl (C=O) groups is 2. The van der Waals surface area contributed by atoms with E-state index >= 15 is 0 Å². The number of ether oxygens (including phenoxy) is 1. The summed E-state index contributed by atoms with van der Waals surface area (Å²) >= 11 is 0. The largest absolute Gasteiger partial charge is 1.00 e. The summed E-state index contributed by atoms with van der Waals surface area (Å²) in [5.41, 5.74) is 12.4. The molecule has 43 heavy (non-hydrogen) atoms. The monoisotopic (exact) mass is 624 g/mol. The zero-order valence-electron chi connectivity index (χ0n) is 23.3. The number of carbonyl (C=O) groups excluding carboxylic acids is 1. The molecule has 0 bridgehead atoms. The third-order valence-electron chi connectivity index (χ3n) is 5.34. The predicted molar refractivity (Wildman–Crippen MR) is 150 cm³/mol. The second-order valence-electron chi connectivity index (χ2n) is 8.37. The van der Waals surface area contributed by atoms with Crippen molar-refractivity contribution >= 4 is 43.2 Å². The molecule has 2 heterocycles. The maximum absolute atomic E-state index is 11.5. The molecule has 2 aromatic heterocycles. The Bertz CT molecular complexity index is 1840. The predicted octanol–water partition coefficient (Wildman–Crippen LogP) is -1.43. The van der Waals surface area contributed by atoms with Crippen molar-refractivity contribution in [2.45, 2.75) is 9.79 Å². The number of hydrogen-bond acceptors (Lipinski definition) is 14. The summed E-state index contributed by atoms with van der Waals surface area (Å²) in [7, 11) is -5.33. The van der Waals surface area contributed by atoms with Gasteiger partial charge in [0.25, 0.3) is 0 Å². The van der Waals surface area contributed by atoms with Gasteiger partial charge in [0, 0.05) is 23.6 Å². The van der Waals surface area contributed by atoms with Crippen LogP contribution in [-0.2, 0) is 24.4 Å². The molecule has 0 amide bonds. The van der Waals surface area contributed by atoms with E-state index in [1.54, 1.807) is 12.1 Å². The number of hydrogen-bond donors (Lipinski definition) is 3. The Kier molecular flexibility index (Phi) is 12.5. The Morgan fingerprint density at radius 2 is 1.07 bits per heavy atom. The molecule has 6 N–H and O–H groups in total. The molecule has 0 spiro atoms. The quantitative estimate of drug-likeness (QED) is 0.164. The van der Waals surface area contributed by atoms with Crippen molar-refractivity contribution in [3.05, 3.63) is 72.3 Å². The molecule has 18 heteroatoms. The summed E-state index contributed by atoms with van der Waals surface area (Å²) in [6.07, 6.45) is 4.96. The van der Waals surface area contributed by atoms with E-state index in [9.17, 15) is 26.4 Å². The van der Waals surface area contributed by atoms with Crippen LogP contribution in [0.25, 0.3) is 22.5 Å². The molecule has 0 unspecified atom stereocenters. The van der Waals surface area contributed by atoms with Crippen LogP contribution in [0.4, 0.5) is 11.6 Å². The van der Waals surface area contributed by atoms with Gasteiger partial charge in [-0.15, -0.1) is 0 Å². The summed E-state index contributed by atoms with van der Waals surface area (Å²) in [5, 5.41) is 8.93. The first-order valence-electron chi connectivity index (χ1n) is 11.3. The smallest absolute Gasteiger partial charge is 0.870 e. The van der Waals surface area contributed by atoms with E-state index in [-0.39, 0.29) is 57.2 Å². The number of rotatable bonds is 6. The number of anilines is 2. The Morgan fingerprint density at radius 3 is 1.40 bits per heavy atom. The van der Waals surface area contributed by atoms with Gasteiger partial charge in [-0.1, -0.05) is 24.3 Å². The van der Waals surface area contributed by atoms with Gasteiger partial charge in [-0.05, 0) is 24.3 Å². The van der Waals surface area contributed by atoms with Crippen LogP contribution in [0.2, 0.25) is 0 Å². The number of esters is 1. The molecule has 0 radical (unpaired) electrons. The average molecular weight is 625 g/mol. The Balaban J connectivity index is 0.000000411. The Labute approximate surface area is 258 Å². The van der Waals surface area contributed by atoms with Crippen LogP contribution in [-0.4, -0.2) is 78.9 Å². The van der Waals surface area contributed by atoms with Crippen molar-refractivity contribution < 1.29 is 60.6 Å². The second-order valence-corrected chi connectivity index (χ2v) is 12.4. The van der Waals surface area contributed by atoms with Crippen LogP contribution >= 0.6 is 0 Å². The number of benzene rings is 2. The number of sulfone groups is 2. The molecule has 15 nitrogen and oxygen atoms in total. The molecule has 4 aromatic rings. The van der Waals surface area contributed by atoms with Gasteiger partial charge in [0.05, 0.1) is 40.7 Å². The first-order valence-corrected chi connectivity index (χ1v) is 15.1. The number of methoxy groups -OCH3 is 1. The van der Waals surface area contributed by atoms with Gasteiger partial charge >= 0.3 is 30.8 Å². The third-order valence-corrected chi connectivity index (χ3v) is 7.60. The van der Waals surface area contributed by atoms with Crippen LogP contribution in [0.5, 0.6) is 0 Å². The number of nitrogens with zero attached hydrogens (tertiary/aromatic N) is 4. The van der Waals surface area contributed by atoms with E-state index in [0.29, 0.717) is 22.5 Å². The summed E-state index contributed by atoms with van der Waals surface area (Å²) in [6, 6.07) is 12.0. The van der Waals surface area contributed by atoms with Crippen LogP contribution in [0, 0.1) is 0 Å². The minimum atomic E-state index is -3.28. The maximum Gasteiger partial charge on any atom is 1.00 e. The van der Waals surface area contributed by atoms with Crippen LogP contribution in [0.3, 0.4) is 0 Å². The van der Waals surface area contributed by atoms with E-state index in [1.807, 2.05) is 0 Å². The third kappa shape index (κ3) is 9.29. The van der Waals surface area contributed by atoms with Crippen LogP contribution in [0.1, 0.15) is 21.0 Å². The summed E-state index contributed by atoms with van der Waals surface area (Å²) in [6.45, 7) is 0. The van der Waals surface area contributed by atoms with Gasteiger partial charge < -0.3 is 26.8 Å². The molecule has 0 aliphatic heterocycles. The van der Waals surface area contributed by atoms with Crippen molar-refractivity contribution in [1.82, 2.24) is 19.9 Å². The molecule has 2 aromatic carbocycles. The number of carboxylic acids is 1. The molecular weight excluding hydrogens is 599 g/mol. The topological polar surface area (TPSA) is 265 Å². The summed E-state index contributed by atoms with van der Waals surface area (Å²) in [4.78, 5) is 38.5. The summed E-state index contributed by atoms with van der Waals surface area (Å²) < 4.78 is 50.1. The number of aromatic nitrogens is 4. The van der Waals surface area contributed by atoms with E-state index in [0.717, 1.165) is 12.5 Å². The first-order chi connectivity index (χ1) is 19.1. The zero-order chi connectivity index (χ0) is 30.5. The van der Waals surface area contributed by atoms with Gasteiger partial charge in [0.1, 0.15) is 0 Å². The maximum atomic E-state index is 11.5. The second kappa shape index (κ2) is 14.7. The van der Waals surface area contributed by atoms with Crippen molar-refractivity contribution in [2.75, 3.05) is 31.1 Å². The molecule has 222 valence electrons. The van der Waals surface area contributed by atoms with Gasteiger partial charge in [-0.25, -0.2) is 46.4 Å². The fourth-order valence-electron chi connectivity index (χ4n) is 3.23. The standard InChI is InChI=1S/C13H13N3O4S.C12H11N3O4S.Li.H2O/c1-20-13(17)11-12(14)15-7-10(16-11)8-3-5-9(6-4-8)21(2,18)19;1-20(18,19)8-4-2-7(3-5-8)9-6-14-11(13)10(15-9)12(16)17;;/h3-7H,1-2H3,(H2,14,15);2-6H,1H3,(H2,13,14)(H,16,17);;1H2/q;;+1;/p-1. The first kappa shape index (κ1) is 36.6. The molecule has 0 atom stereocenters. The molecule has 0 aliphatic carbocycles. The number of carboxylic acid groups (broad SMARTS) is 1. The van der Waals surface area contributed by atoms with Crippen LogP contribution < -0.4 is 30.3 Å². The fraction of sp³-hybridized carbons (Fsp3) is 0.120.